The van der Waals surface area contributed by atoms with Gasteiger partial charge in [0.25, 0.3) is 6.47 Å². The highest BCUT2D eigenvalue weighted by atomic mass is 16.5. The number of ether oxygens (including phenoxy) is 1. The maximum absolute atomic E-state index is 10.6. The Hall–Kier alpha value is -0.990. The van der Waals surface area contributed by atoms with Crippen LogP contribution >= 0.6 is 0 Å². The van der Waals surface area contributed by atoms with Gasteiger partial charge in [0.2, 0.25) is 0 Å². The summed E-state index contributed by atoms with van der Waals surface area (Å²) in [6, 6.07) is 0. The first-order valence-corrected chi connectivity index (χ1v) is 10.1. The standard InChI is InChI=1S/C21H41NO2/c1-5-6-7-8-9-10-11-12-13-14-15-16-17-21(2,3)20(18-22-4)24-19-23/h18-19,22H,5-17H2,1-4H3/b20-18-. The summed E-state index contributed by atoms with van der Waals surface area (Å²) in [5, 5.41) is 2.96. The molecule has 0 heterocycles. The van der Waals surface area contributed by atoms with Gasteiger partial charge in [-0.3, -0.25) is 4.79 Å². The maximum atomic E-state index is 10.6. The third-order valence-electron chi connectivity index (χ3n) is 4.77. The van der Waals surface area contributed by atoms with Gasteiger partial charge in [0, 0.05) is 18.7 Å². The van der Waals surface area contributed by atoms with E-state index < -0.39 is 0 Å². The molecule has 0 unspecified atom stereocenters. The van der Waals surface area contributed by atoms with Gasteiger partial charge in [-0.25, -0.2) is 0 Å². The van der Waals surface area contributed by atoms with Crippen molar-refractivity contribution in [2.45, 2.75) is 104 Å². The molecule has 0 amide bonds. The largest absolute Gasteiger partial charge is 0.431 e. The average molecular weight is 340 g/mol. The van der Waals surface area contributed by atoms with Crippen LogP contribution in [0, 0.1) is 5.41 Å². The summed E-state index contributed by atoms with van der Waals surface area (Å²) >= 11 is 0. The zero-order valence-electron chi connectivity index (χ0n) is 16.7. The van der Waals surface area contributed by atoms with Crippen LogP contribution in [0.1, 0.15) is 104 Å². The number of carbonyl (C=O) groups is 1. The highest BCUT2D eigenvalue weighted by Crippen LogP contribution is 2.32. The molecule has 3 nitrogen and oxygen atoms in total. The molecular formula is C21H41NO2. The van der Waals surface area contributed by atoms with Crippen molar-refractivity contribution in [1.29, 1.82) is 0 Å². The average Bonchev–Trinajstić information content (AvgIpc) is 2.55. The first kappa shape index (κ1) is 23.0. The molecule has 0 atom stereocenters. The van der Waals surface area contributed by atoms with Crippen molar-refractivity contribution in [3.63, 3.8) is 0 Å². The lowest BCUT2D eigenvalue weighted by molar-refractivity contribution is -0.126. The van der Waals surface area contributed by atoms with Gasteiger partial charge in [-0.2, -0.15) is 0 Å². The molecule has 0 rings (SSSR count). The molecule has 0 aliphatic carbocycles. The minimum atomic E-state index is -0.0948. The number of carbonyl (C=O) groups excluding carboxylic acids is 1. The molecule has 1 N–H and O–H groups in total. The predicted molar refractivity (Wildman–Crippen MR) is 104 cm³/mol. The van der Waals surface area contributed by atoms with Crippen molar-refractivity contribution in [2.75, 3.05) is 7.05 Å². The lowest BCUT2D eigenvalue weighted by Gasteiger charge is -2.26. The Morgan fingerprint density at radius 2 is 1.33 bits per heavy atom. The van der Waals surface area contributed by atoms with E-state index in [0.717, 1.165) is 12.2 Å². The molecule has 0 aliphatic heterocycles. The molecule has 0 fully saturated rings. The minimum Gasteiger partial charge on any atom is -0.431 e. The second kappa shape index (κ2) is 15.5. The predicted octanol–water partition coefficient (Wildman–Crippen LogP) is 6.34. The van der Waals surface area contributed by atoms with E-state index in [1.54, 1.807) is 6.20 Å². The molecule has 0 aromatic rings. The first-order chi connectivity index (χ1) is 11.6. The van der Waals surface area contributed by atoms with Crippen molar-refractivity contribution >= 4 is 6.47 Å². The van der Waals surface area contributed by atoms with Crippen molar-refractivity contribution in [2.24, 2.45) is 5.41 Å². The second-order valence-electron chi connectivity index (χ2n) is 7.53. The summed E-state index contributed by atoms with van der Waals surface area (Å²) in [4.78, 5) is 10.6. The normalized spacial score (nSPS) is 12.2. The SMILES string of the molecule is CCCCCCCCCCCCCCC(C)(C)/C(=C/NC)OC=O. The van der Waals surface area contributed by atoms with Crippen molar-refractivity contribution in [1.82, 2.24) is 5.32 Å². The first-order valence-electron chi connectivity index (χ1n) is 10.1. The molecule has 3 heteroatoms. The van der Waals surface area contributed by atoms with E-state index in [0.29, 0.717) is 6.47 Å². The van der Waals surface area contributed by atoms with Crippen LogP contribution in [0.25, 0.3) is 0 Å². The van der Waals surface area contributed by atoms with Gasteiger partial charge in [-0.05, 0) is 6.42 Å². The molecule has 0 spiro atoms. The van der Waals surface area contributed by atoms with Gasteiger partial charge in [0.1, 0.15) is 5.76 Å². The van der Waals surface area contributed by atoms with E-state index in [1.807, 2.05) is 7.05 Å². The number of allylic oxidation sites excluding steroid dienone is 1. The van der Waals surface area contributed by atoms with E-state index in [1.165, 1.54) is 77.0 Å². The second-order valence-corrected chi connectivity index (χ2v) is 7.53. The summed E-state index contributed by atoms with van der Waals surface area (Å²) in [5.74, 6) is 0.725. The van der Waals surface area contributed by atoms with Crippen LogP contribution in [0.3, 0.4) is 0 Å². The van der Waals surface area contributed by atoms with Crippen LogP contribution in [0.5, 0.6) is 0 Å². The molecule has 0 saturated heterocycles. The summed E-state index contributed by atoms with van der Waals surface area (Å²) in [7, 11) is 1.83. The lowest BCUT2D eigenvalue weighted by atomic mass is 9.84. The molecule has 0 aliphatic rings. The third kappa shape index (κ3) is 12.4. The van der Waals surface area contributed by atoms with E-state index in [9.17, 15) is 4.79 Å². The Bertz CT molecular complexity index is 324. The third-order valence-corrected chi connectivity index (χ3v) is 4.77. The highest BCUT2D eigenvalue weighted by Gasteiger charge is 2.24. The van der Waals surface area contributed by atoms with E-state index >= 15 is 0 Å². The number of nitrogens with one attached hydrogen (secondary N) is 1. The Labute approximate surface area is 150 Å². The monoisotopic (exact) mass is 339 g/mol. The molecule has 0 bridgehead atoms. The van der Waals surface area contributed by atoms with Gasteiger partial charge < -0.3 is 10.1 Å². The molecule has 0 saturated carbocycles. The Morgan fingerprint density at radius 1 is 0.875 bits per heavy atom. The van der Waals surface area contributed by atoms with Crippen LogP contribution < -0.4 is 5.32 Å². The van der Waals surface area contributed by atoms with Crippen LogP contribution in [0.4, 0.5) is 0 Å². The zero-order valence-corrected chi connectivity index (χ0v) is 16.7. The van der Waals surface area contributed by atoms with E-state index in [-0.39, 0.29) is 5.41 Å². The summed E-state index contributed by atoms with van der Waals surface area (Å²) in [5.41, 5.74) is -0.0948. The molecule has 0 radical (unpaired) electrons. The van der Waals surface area contributed by atoms with Crippen LogP contribution in [-0.2, 0) is 9.53 Å². The van der Waals surface area contributed by atoms with Gasteiger partial charge in [-0.1, -0.05) is 97.8 Å². The van der Waals surface area contributed by atoms with Gasteiger partial charge >= 0.3 is 0 Å². The van der Waals surface area contributed by atoms with Gasteiger partial charge in [0.15, 0.2) is 0 Å². The van der Waals surface area contributed by atoms with Crippen molar-refractivity contribution in [3.05, 3.63) is 12.0 Å². The summed E-state index contributed by atoms with van der Waals surface area (Å²) in [6.07, 6.45) is 19.2. The van der Waals surface area contributed by atoms with Crippen molar-refractivity contribution in [3.8, 4) is 0 Å². The molecule has 0 aromatic heterocycles. The summed E-state index contributed by atoms with van der Waals surface area (Å²) < 4.78 is 5.12. The van der Waals surface area contributed by atoms with Gasteiger partial charge in [0.05, 0.1) is 0 Å². The van der Waals surface area contributed by atoms with Crippen LogP contribution in [-0.4, -0.2) is 13.5 Å². The molecule has 0 aromatic carbocycles. The zero-order chi connectivity index (χ0) is 18.1. The van der Waals surface area contributed by atoms with Crippen LogP contribution in [0.15, 0.2) is 12.0 Å². The smallest absolute Gasteiger partial charge is 0.298 e. The maximum Gasteiger partial charge on any atom is 0.298 e. The Morgan fingerprint density at radius 3 is 1.75 bits per heavy atom. The fourth-order valence-corrected chi connectivity index (χ4v) is 3.10. The van der Waals surface area contributed by atoms with E-state index in [2.05, 4.69) is 26.1 Å². The topological polar surface area (TPSA) is 38.3 Å². The molecular weight excluding hydrogens is 298 g/mol. The van der Waals surface area contributed by atoms with E-state index in [4.69, 9.17) is 4.74 Å². The molecule has 142 valence electrons. The number of rotatable bonds is 17. The lowest BCUT2D eigenvalue weighted by Crippen LogP contribution is -2.19. The quantitative estimate of drug-likeness (QED) is 0.191. The highest BCUT2D eigenvalue weighted by molar-refractivity contribution is 5.40. The number of hydrogen-bond acceptors (Lipinski definition) is 3. The fourth-order valence-electron chi connectivity index (χ4n) is 3.10. The fraction of sp³-hybridized carbons (Fsp3) is 0.857. The number of hydrogen-bond donors (Lipinski definition) is 1. The summed E-state index contributed by atoms with van der Waals surface area (Å²) in [6.45, 7) is 7.07. The Kier molecular flexibility index (Phi) is 14.9. The van der Waals surface area contributed by atoms with Crippen LogP contribution in [0.2, 0.25) is 0 Å². The molecule has 24 heavy (non-hydrogen) atoms. The van der Waals surface area contributed by atoms with Gasteiger partial charge in [-0.15, -0.1) is 0 Å². The van der Waals surface area contributed by atoms with Crippen molar-refractivity contribution < 1.29 is 9.53 Å². The number of unbranched alkanes of at least 4 members (excludes halogenated alkanes) is 11. The minimum absolute atomic E-state index is 0.0948. The Balaban J connectivity index is 3.61.